The number of hydrogen-bond acceptors (Lipinski definition) is 4. The summed E-state index contributed by atoms with van der Waals surface area (Å²) in [7, 11) is 0. The summed E-state index contributed by atoms with van der Waals surface area (Å²) >= 11 is 1.58. The molecule has 128 valence electrons. The molecule has 0 aliphatic rings. The van der Waals surface area contributed by atoms with Crippen LogP contribution in [0.4, 0.5) is 5.69 Å². The number of para-hydroxylation sites is 1. The SMILES string of the molecule is Cc1ccccc1NC(=O)C(=O)NCC(c1cccs1)n1cccn1. The number of hydrogen-bond donors (Lipinski definition) is 2. The maximum absolute atomic E-state index is 12.2. The van der Waals surface area contributed by atoms with Crippen LogP contribution in [0.3, 0.4) is 0 Å². The fourth-order valence-corrected chi connectivity index (χ4v) is 3.25. The van der Waals surface area contributed by atoms with Gasteiger partial charge >= 0.3 is 11.8 Å². The van der Waals surface area contributed by atoms with Crippen molar-refractivity contribution < 1.29 is 9.59 Å². The molecule has 1 aromatic carbocycles. The van der Waals surface area contributed by atoms with Crippen molar-refractivity contribution in [2.24, 2.45) is 0 Å². The first-order valence-corrected chi connectivity index (χ1v) is 8.70. The molecular weight excluding hydrogens is 336 g/mol. The normalized spacial score (nSPS) is 11.7. The quantitative estimate of drug-likeness (QED) is 0.692. The lowest BCUT2D eigenvalue weighted by molar-refractivity contribution is -0.136. The van der Waals surface area contributed by atoms with E-state index in [4.69, 9.17) is 0 Å². The molecule has 0 spiro atoms. The van der Waals surface area contributed by atoms with E-state index in [0.29, 0.717) is 5.69 Å². The van der Waals surface area contributed by atoms with E-state index in [0.717, 1.165) is 10.4 Å². The van der Waals surface area contributed by atoms with Gasteiger partial charge in [-0.15, -0.1) is 11.3 Å². The van der Waals surface area contributed by atoms with E-state index in [1.807, 2.05) is 54.9 Å². The highest BCUT2D eigenvalue weighted by atomic mass is 32.1. The minimum Gasteiger partial charge on any atom is -0.345 e. The summed E-state index contributed by atoms with van der Waals surface area (Å²) in [5.41, 5.74) is 1.53. The summed E-state index contributed by atoms with van der Waals surface area (Å²) in [5.74, 6) is -1.35. The van der Waals surface area contributed by atoms with Gasteiger partial charge in [-0.3, -0.25) is 14.3 Å². The number of amides is 2. The van der Waals surface area contributed by atoms with Gasteiger partial charge in [0.25, 0.3) is 0 Å². The molecule has 2 heterocycles. The van der Waals surface area contributed by atoms with Gasteiger partial charge in [-0.2, -0.15) is 5.10 Å². The minimum absolute atomic E-state index is 0.148. The molecule has 0 fully saturated rings. The zero-order valence-corrected chi connectivity index (χ0v) is 14.5. The van der Waals surface area contributed by atoms with Gasteiger partial charge in [-0.25, -0.2) is 0 Å². The van der Waals surface area contributed by atoms with E-state index >= 15 is 0 Å². The van der Waals surface area contributed by atoms with Crippen LogP contribution in [0.5, 0.6) is 0 Å². The van der Waals surface area contributed by atoms with E-state index in [-0.39, 0.29) is 12.6 Å². The van der Waals surface area contributed by atoms with E-state index in [2.05, 4.69) is 15.7 Å². The highest BCUT2D eigenvalue weighted by Crippen LogP contribution is 2.21. The van der Waals surface area contributed by atoms with Crippen molar-refractivity contribution in [2.75, 3.05) is 11.9 Å². The average molecular weight is 354 g/mol. The maximum atomic E-state index is 12.2. The van der Waals surface area contributed by atoms with Gasteiger partial charge in [0.15, 0.2) is 0 Å². The Bertz CT molecular complexity index is 810. The Kier molecular flexibility index (Phi) is 5.25. The summed E-state index contributed by atoms with van der Waals surface area (Å²) in [6, 6.07) is 12.9. The van der Waals surface area contributed by atoms with Crippen LogP contribution in [0.2, 0.25) is 0 Å². The number of nitrogens with zero attached hydrogens (tertiary/aromatic N) is 2. The standard InChI is InChI=1S/C18H18N4O2S/c1-13-6-2-3-7-14(13)21-18(24)17(23)19-12-15(16-8-4-11-25-16)22-10-5-9-20-22/h2-11,15H,12H2,1H3,(H,19,23)(H,21,24). The van der Waals surface area contributed by atoms with Crippen LogP contribution >= 0.6 is 11.3 Å². The summed E-state index contributed by atoms with van der Waals surface area (Å²) in [6.45, 7) is 2.15. The summed E-state index contributed by atoms with van der Waals surface area (Å²) < 4.78 is 1.77. The Morgan fingerprint density at radius 1 is 1.16 bits per heavy atom. The van der Waals surface area contributed by atoms with Gasteiger partial charge in [-0.1, -0.05) is 24.3 Å². The summed E-state index contributed by atoms with van der Waals surface area (Å²) in [4.78, 5) is 25.3. The maximum Gasteiger partial charge on any atom is 0.313 e. The van der Waals surface area contributed by atoms with Crippen molar-refractivity contribution in [1.82, 2.24) is 15.1 Å². The predicted octanol–water partition coefficient (Wildman–Crippen LogP) is 2.60. The fourth-order valence-electron chi connectivity index (χ4n) is 2.43. The van der Waals surface area contributed by atoms with Crippen molar-refractivity contribution in [1.29, 1.82) is 0 Å². The fraction of sp³-hybridized carbons (Fsp3) is 0.167. The van der Waals surface area contributed by atoms with Crippen molar-refractivity contribution in [3.8, 4) is 0 Å². The smallest absolute Gasteiger partial charge is 0.313 e. The number of nitrogens with one attached hydrogen (secondary N) is 2. The van der Waals surface area contributed by atoms with Crippen molar-refractivity contribution in [3.05, 3.63) is 70.7 Å². The van der Waals surface area contributed by atoms with Crippen LogP contribution in [-0.4, -0.2) is 28.1 Å². The second-order valence-electron chi connectivity index (χ2n) is 5.50. The molecule has 25 heavy (non-hydrogen) atoms. The number of benzene rings is 1. The predicted molar refractivity (Wildman–Crippen MR) is 97.5 cm³/mol. The molecule has 0 aliphatic heterocycles. The van der Waals surface area contributed by atoms with Crippen LogP contribution in [0.15, 0.2) is 60.2 Å². The molecule has 0 radical (unpaired) electrons. The van der Waals surface area contributed by atoms with Crippen LogP contribution < -0.4 is 10.6 Å². The Morgan fingerprint density at radius 2 is 2.00 bits per heavy atom. The van der Waals surface area contributed by atoms with Gasteiger partial charge in [0, 0.05) is 29.5 Å². The van der Waals surface area contributed by atoms with Crippen LogP contribution in [0.1, 0.15) is 16.5 Å². The lowest BCUT2D eigenvalue weighted by Crippen LogP contribution is -2.38. The Labute approximate surface area is 149 Å². The van der Waals surface area contributed by atoms with Crippen LogP contribution in [0.25, 0.3) is 0 Å². The topological polar surface area (TPSA) is 76.0 Å². The second-order valence-corrected chi connectivity index (χ2v) is 6.48. The van der Waals surface area contributed by atoms with Crippen LogP contribution in [-0.2, 0) is 9.59 Å². The third kappa shape index (κ3) is 4.13. The largest absolute Gasteiger partial charge is 0.345 e. The molecule has 1 unspecified atom stereocenters. The van der Waals surface area contributed by atoms with Crippen molar-refractivity contribution in [3.63, 3.8) is 0 Å². The van der Waals surface area contributed by atoms with Gasteiger partial charge in [0.05, 0.1) is 0 Å². The molecule has 6 nitrogen and oxygen atoms in total. The van der Waals surface area contributed by atoms with Crippen molar-refractivity contribution >= 4 is 28.8 Å². The number of aromatic nitrogens is 2. The Balaban J connectivity index is 1.64. The third-order valence-electron chi connectivity index (χ3n) is 3.77. The third-order valence-corrected chi connectivity index (χ3v) is 4.74. The molecule has 7 heteroatoms. The van der Waals surface area contributed by atoms with Crippen LogP contribution in [0, 0.1) is 6.92 Å². The monoisotopic (exact) mass is 354 g/mol. The number of anilines is 1. The number of thiophene rings is 1. The molecule has 2 aromatic heterocycles. The first kappa shape index (κ1) is 16.9. The minimum atomic E-state index is -0.681. The highest BCUT2D eigenvalue weighted by Gasteiger charge is 2.19. The van der Waals surface area contributed by atoms with E-state index in [1.54, 1.807) is 28.3 Å². The Hall–Kier alpha value is -2.93. The summed E-state index contributed by atoms with van der Waals surface area (Å²) in [5, 5.41) is 11.5. The molecule has 1 atom stereocenters. The number of aryl methyl sites for hydroxylation is 1. The Morgan fingerprint density at radius 3 is 2.68 bits per heavy atom. The van der Waals surface area contributed by atoms with E-state index < -0.39 is 11.8 Å². The lowest BCUT2D eigenvalue weighted by atomic mass is 10.2. The first-order valence-electron chi connectivity index (χ1n) is 7.82. The average Bonchev–Trinajstić information content (AvgIpc) is 3.31. The molecule has 2 amide bonds. The first-order chi connectivity index (χ1) is 12.1. The molecule has 0 aliphatic carbocycles. The van der Waals surface area contributed by atoms with Gasteiger partial charge < -0.3 is 10.6 Å². The number of carbonyl (C=O) groups is 2. The molecular formula is C18H18N4O2S. The molecule has 0 bridgehead atoms. The number of carbonyl (C=O) groups excluding carboxylic acids is 2. The van der Waals surface area contributed by atoms with Gasteiger partial charge in [0.1, 0.15) is 6.04 Å². The summed E-state index contributed by atoms with van der Waals surface area (Å²) in [6.07, 6.45) is 3.53. The number of rotatable bonds is 5. The molecule has 3 rings (SSSR count). The van der Waals surface area contributed by atoms with Gasteiger partial charge in [-0.05, 0) is 36.1 Å². The molecule has 0 saturated carbocycles. The second kappa shape index (κ2) is 7.76. The molecule has 2 N–H and O–H groups in total. The molecule has 0 saturated heterocycles. The van der Waals surface area contributed by atoms with Crippen molar-refractivity contribution in [2.45, 2.75) is 13.0 Å². The highest BCUT2D eigenvalue weighted by molar-refractivity contribution is 7.10. The van der Waals surface area contributed by atoms with E-state index in [9.17, 15) is 9.59 Å². The van der Waals surface area contributed by atoms with Gasteiger partial charge in [0.2, 0.25) is 0 Å². The zero-order valence-electron chi connectivity index (χ0n) is 13.7. The van der Waals surface area contributed by atoms with E-state index in [1.165, 1.54) is 0 Å². The molecule has 3 aromatic rings. The lowest BCUT2D eigenvalue weighted by Gasteiger charge is -2.17. The zero-order chi connectivity index (χ0) is 17.6.